The van der Waals surface area contributed by atoms with Gasteiger partial charge in [-0.15, -0.1) is 18.5 Å². The zero-order chi connectivity index (χ0) is 10.2. The Hall–Kier alpha value is 0.0800. The minimum absolute atomic E-state index is 0.604. The first-order valence-corrected chi connectivity index (χ1v) is 5.75. The molecule has 0 bridgehead atoms. The van der Waals surface area contributed by atoms with Gasteiger partial charge in [0.2, 0.25) is 0 Å². The second-order valence-electron chi connectivity index (χ2n) is 3.91. The lowest BCUT2D eigenvalue weighted by molar-refractivity contribution is 0.864. The molecule has 0 saturated heterocycles. The van der Waals surface area contributed by atoms with E-state index in [0.29, 0.717) is 5.92 Å². The minimum Gasteiger partial charge on any atom is -0.105 e. The molecule has 0 spiro atoms. The SMILES string of the molecule is Cc1cc(C)c(C(C)C)c(P)c1P. The van der Waals surface area contributed by atoms with E-state index in [4.69, 9.17) is 0 Å². The first kappa shape index (κ1) is 11.2. The number of hydrogen-bond acceptors (Lipinski definition) is 0. The molecule has 0 aliphatic heterocycles. The zero-order valence-electron chi connectivity index (χ0n) is 8.81. The first-order chi connectivity index (χ1) is 5.95. The average molecular weight is 212 g/mol. The van der Waals surface area contributed by atoms with E-state index in [2.05, 4.69) is 52.2 Å². The fourth-order valence-electron chi connectivity index (χ4n) is 1.82. The Balaban J connectivity index is 3.44. The molecule has 0 amide bonds. The summed E-state index contributed by atoms with van der Waals surface area (Å²) >= 11 is 0. The Morgan fingerprint density at radius 3 is 2.00 bits per heavy atom. The maximum Gasteiger partial charge on any atom is -0.0192 e. The summed E-state index contributed by atoms with van der Waals surface area (Å²) in [5.74, 6) is 0.604. The quantitative estimate of drug-likeness (QED) is 0.627. The molecule has 0 saturated carbocycles. The lowest BCUT2D eigenvalue weighted by Crippen LogP contribution is -2.21. The predicted octanol–water partition coefficient (Wildman–Crippen LogP) is 2.43. The van der Waals surface area contributed by atoms with Crippen LogP contribution in [-0.2, 0) is 0 Å². The van der Waals surface area contributed by atoms with Crippen LogP contribution in [-0.4, -0.2) is 0 Å². The van der Waals surface area contributed by atoms with E-state index in [1.807, 2.05) is 0 Å². The first-order valence-electron chi connectivity index (χ1n) is 4.60. The molecule has 0 radical (unpaired) electrons. The molecule has 0 aliphatic rings. The highest BCUT2D eigenvalue weighted by Crippen LogP contribution is 2.20. The second kappa shape index (κ2) is 4.07. The van der Waals surface area contributed by atoms with Gasteiger partial charge in [0.05, 0.1) is 0 Å². The van der Waals surface area contributed by atoms with Gasteiger partial charge in [0.1, 0.15) is 0 Å². The van der Waals surface area contributed by atoms with E-state index in [1.165, 1.54) is 27.3 Å². The summed E-state index contributed by atoms with van der Waals surface area (Å²) in [4.78, 5) is 0. The standard InChI is InChI=1S/C11H18P2/c1-6(2)9-7(3)5-8(4)10(12)11(9)13/h5-6H,12-13H2,1-4H3. The van der Waals surface area contributed by atoms with Gasteiger partial charge in [-0.3, -0.25) is 0 Å². The second-order valence-corrected chi connectivity index (χ2v) is 5.06. The van der Waals surface area contributed by atoms with Crippen molar-refractivity contribution in [2.24, 2.45) is 0 Å². The molecule has 0 heterocycles. The Morgan fingerprint density at radius 1 is 1.00 bits per heavy atom. The van der Waals surface area contributed by atoms with Crippen LogP contribution in [0.5, 0.6) is 0 Å². The molecule has 0 nitrogen and oxygen atoms in total. The lowest BCUT2D eigenvalue weighted by Gasteiger charge is -2.17. The van der Waals surface area contributed by atoms with Crippen molar-refractivity contribution in [3.05, 3.63) is 22.8 Å². The van der Waals surface area contributed by atoms with Crippen LogP contribution >= 0.6 is 18.5 Å². The maximum absolute atomic E-state index is 2.86. The summed E-state index contributed by atoms with van der Waals surface area (Å²) in [5.41, 5.74) is 4.24. The molecule has 0 fully saturated rings. The summed E-state index contributed by atoms with van der Waals surface area (Å²) in [6, 6.07) is 2.27. The van der Waals surface area contributed by atoms with Gasteiger partial charge in [0, 0.05) is 0 Å². The number of aryl methyl sites for hydroxylation is 2. The smallest absolute Gasteiger partial charge is 0.0192 e. The maximum atomic E-state index is 2.86. The summed E-state index contributed by atoms with van der Waals surface area (Å²) in [6.07, 6.45) is 0. The normalized spacial score (nSPS) is 11.0. The monoisotopic (exact) mass is 212 g/mol. The van der Waals surface area contributed by atoms with Crippen LogP contribution in [0.25, 0.3) is 0 Å². The van der Waals surface area contributed by atoms with Gasteiger partial charge >= 0.3 is 0 Å². The van der Waals surface area contributed by atoms with Crippen LogP contribution in [0.15, 0.2) is 6.07 Å². The third-order valence-corrected chi connectivity index (χ3v) is 4.16. The van der Waals surface area contributed by atoms with Crippen molar-refractivity contribution in [2.75, 3.05) is 0 Å². The van der Waals surface area contributed by atoms with Gasteiger partial charge in [0.25, 0.3) is 0 Å². The van der Waals surface area contributed by atoms with Crippen LogP contribution in [0.3, 0.4) is 0 Å². The van der Waals surface area contributed by atoms with Crippen LogP contribution in [0.4, 0.5) is 0 Å². The average Bonchev–Trinajstić information content (AvgIpc) is 1.99. The topological polar surface area (TPSA) is 0 Å². The van der Waals surface area contributed by atoms with Gasteiger partial charge in [-0.05, 0) is 47.1 Å². The summed E-state index contributed by atoms with van der Waals surface area (Å²) in [5, 5.41) is 2.69. The van der Waals surface area contributed by atoms with Crippen molar-refractivity contribution < 1.29 is 0 Å². The Morgan fingerprint density at radius 2 is 1.54 bits per heavy atom. The fraction of sp³-hybridized carbons (Fsp3) is 0.455. The number of hydrogen-bond donors (Lipinski definition) is 0. The van der Waals surface area contributed by atoms with Crippen molar-refractivity contribution in [2.45, 2.75) is 33.6 Å². The van der Waals surface area contributed by atoms with Crippen LogP contribution < -0.4 is 10.6 Å². The fourth-order valence-corrected chi connectivity index (χ4v) is 2.84. The minimum atomic E-state index is 0.604. The van der Waals surface area contributed by atoms with Crippen LogP contribution in [0, 0.1) is 13.8 Å². The van der Waals surface area contributed by atoms with Gasteiger partial charge in [-0.25, -0.2) is 0 Å². The summed E-state index contributed by atoms with van der Waals surface area (Å²) in [7, 11) is 5.69. The highest BCUT2D eigenvalue weighted by molar-refractivity contribution is 7.36. The van der Waals surface area contributed by atoms with Crippen molar-refractivity contribution in [3.8, 4) is 0 Å². The molecule has 2 heteroatoms. The largest absolute Gasteiger partial charge is 0.105 e. The van der Waals surface area contributed by atoms with E-state index in [-0.39, 0.29) is 0 Å². The Labute approximate surface area is 85.9 Å². The van der Waals surface area contributed by atoms with Crippen molar-refractivity contribution >= 4 is 29.1 Å². The number of benzene rings is 1. The lowest BCUT2D eigenvalue weighted by atomic mass is 9.96. The van der Waals surface area contributed by atoms with E-state index in [9.17, 15) is 0 Å². The molecule has 1 rings (SSSR count). The summed E-state index contributed by atoms with van der Waals surface area (Å²) < 4.78 is 0. The van der Waals surface area contributed by atoms with Crippen molar-refractivity contribution in [1.29, 1.82) is 0 Å². The predicted molar refractivity (Wildman–Crippen MR) is 68.7 cm³/mol. The van der Waals surface area contributed by atoms with Gasteiger partial charge in [0.15, 0.2) is 0 Å². The molecule has 72 valence electrons. The highest BCUT2D eigenvalue weighted by Gasteiger charge is 2.10. The van der Waals surface area contributed by atoms with Gasteiger partial charge in [-0.2, -0.15) is 0 Å². The molecule has 1 aromatic carbocycles. The van der Waals surface area contributed by atoms with Crippen molar-refractivity contribution in [1.82, 2.24) is 0 Å². The molecule has 2 atom stereocenters. The molecular weight excluding hydrogens is 194 g/mol. The third-order valence-electron chi connectivity index (χ3n) is 2.44. The van der Waals surface area contributed by atoms with Gasteiger partial charge in [-0.1, -0.05) is 19.9 Å². The van der Waals surface area contributed by atoms with Gasteiger partial charge < -0.3 is 0 Å². The molecule has 2 unspecified atom stereocenters. The Bertz CT molecular complexity index is 327. The molecule has 1 aromatic rings. The number of rotatable bonds is 1. The Kier molecular flexibility index (Phi) is 3.50. The van der Waals surface area contributed by atoms with Crippen molar-refractivity contribution in [3.63, 3.8) is 0 Å². The molecule has 13 heavy (non-hydrogen) atoms. The highest BCUT2D eigenvalue weighted by atomic mass is 31.0. The third kappa shape index (κ3) is 2.12. The van der Waals surface area contributed by atoms with E-state index in [0.717, 1.165) is 0 Å². The molecule has 0 N–H and O–H groups in total. The van der Waals surface area contributed by atoms with E-state index < -0.39 is 0 Å². The van der Waals surface area contributed by atoms with E-state index >= 15 is 0 Å². The molecule has 0 aromatic heterocycles. The molecular formula is C11H18P2. The summed E-state index contributed by atoms with van der Waals surface area (Å²) in [6.45, 7) is 8.84. The molecule has 0 aliphatic carbocycles. The van der Waals surface area contributed by atoms with E-state index in [1.54, 1.807) is 0 Å². The van der Waals surface area contributed by atoms with Crippen LogP contribution in [0.2, 0.25) is 0 Å². The van der Waals surface area contributed by atoms with Crippen LogP contribution in [0.1, 0.15) is 36.5 Å². The zero-order valence-corrected chi connectivity index (χ0v) is 11.1.